The number of anilines is 1. The van der Waals surface area contributed by atoms with Crippen LogP contribution in [0, 0.1) is 10.1 Å². The van der Waals surface area contributed by atoms with Crippen LogP contribution in [0.25, 0.3) is 0 Å². The average molecular weight is 407 g/mol. The monoisotopic (exact) mass is 407 g/mol. The summed E-state index contributed by atoms with van der Waals surface area (Å²) in [6, 6.07) is 6.89. The van der Waals surface area contributed by atoms with Crippen molar-refractivity contribution in [1.29, 1.82) is 0 Å². The fraction of sp³-hybridized carbons (Fsp3) is 0.462. The summed E-state index contributed by atoms with van der Waals surface area (Å²) in [5.74, 6) is 0.712. The molecular formula is C13H22IN5O2. The molecule has 0 unspecified atom stereocenters. The first-order valence-corrected chi connectivity index (χ1v) is 6.49. The molecule has 0 saturated heterocycles. The number of rotatable bonds is 6. The number of guanidine groups is 1. The van der Waals surface area contributed by atoms with Gasteiger partial charge in [-0.15, -0.1) is 24.0 Å². The summed E-state index contributed by atoms with van der Waals surface area (Å²) in [4.78, 5) is 14.5. The second-order valence-electron chi connectivity index (χ2n) is 4.50. The molecule has 8 heteroatoms. The summed E-state index contributed by atoms with van der Waals surface area (Å²) in [6.07, 6.45) is 0. The maximum Gasteiger partial charge on any atom is 0.292 e. The Hall–Kier alpha value is -1.58. The largest absolute Gasteiger partial charge is 0.378 e. The lowest BCUT2D eigenvalue weighted by Crippen LogP contribution is -2.42. The van der Waals surface area contributed by atoms with Crippen molar-refractivity contribution in [2.24, 2.45) is 4.99 Å². The van der Waals surface area contributed by atoms with E-state index in [-0.39, 0.29) is 29.7 Å². The van der Waals surface area contributed by atoms with Crippen molar-refractivity contribution < 1.29 is 4.92 Å². The molecule has 0 aliphatic heterocycles. The molecule has 0 spiro atoms. The van der Waals surface area contributed by atoms with Gasteiger partial charge in [0.15, 0.2) is 5.96 Å². The topological polar surface area (TPSA) is 91.6 Å². The Balaban J connectivity index is 0.00000400. The molecule has 0 saturated carbocycles. The number of nitrogens with one attached hydrogen (secondary N) is 3. The Bertz CT molecular complexity index is 479. The van der Waals surface area contributed by atoms with Crippen LogP contribution in [0.15, 0.2) is 29.3 Å². The Labute approximate surface area is 141 Å². The number of halogens is 1. The molecule has 0 fully saturated rings. The van der Waals surface area contributed by atoms with Gasteiger partial charge in [0.2, 0.25) is 0 Å². The minimum atomic E-state index is -0.394. The smallest absolute Gasteiger partial charge is 0.292 e. The van der Waals surface area contributed by atoms with Gasteiger partial charge < -0.3 is 16.0 Å². The fourth-order valence-corrected chi connectivity index (χ4v) is 1.63. The summed E-state index contributed by atoms with van der Waals surface area (Å²) in [5.41, 5.74) is 0.600. The van der Waals surface area contributed by atoms with E-state index in [1.165, 1.54) is 6.07 Å². The first-order chi connectivity index (χ1) is 9.54. The molecule has 3 N–H and O–H groups in total. The summed E-state index contributed by atoms with van der Waals surface area (Å²) in [5, 5.41) is 20.2. The Kier molecular flexibility index (Phi) is 9.42. The third-order valence-corrected chi connectivity index (χ3v) is 2.48. The van der Waals surface area contributed by atoms with E-state index in [1.807, 2.05) is 13.8 Å². The summed E-state index contributed by atoms with van der Waals surface area (Å²) in [7, 11) is 1.70. The van der Waals surface area contributed by atoms with Gasteiger partial charge in [-0.1, -0.05) is 12.1 Å². The van der Waals surface area contributed by atoms with Crippen LogP contribution >= 0.6 is 24.0 Å². The van der Waals surface area contributed by atoms with Crippen molar-refractivity contribution in [3.63, 3.8) is 0 Å². The van der Waals surface area contributed by atoms with Crippen molar-refractivity contribution in [2.75, 3.05) is 25.5 Å². The number of benzene rings is 1. The van der Waals surface area contributed by atoms with Crippen molar-refractivity contribution >= 4 is 41.3 Å². The average Bonchev–Trinajstić information content (AvgIpc) is 2.42. The maximum absolute atomic E-state index is 10.9. The second kappa shape index (κ2) is 10.2. The van der Waals surface area contributed by atoms with Gasteiger partial charge in [0.25, 0.3) is 5.69 Å². The summed E-state index contributed by atoms with van der Waals surface area (Å²) < 4.78 is 0. The lowest BCUT2D eigenvalue weighted by Gasteiger charge is -2.14. The van der Waals surface area contributed by atoms with E-state index in [4.69, 9.17) is 0 Å². The van der Waals surface area contributed by atoms with Gasteiger partial charge in [0.1, 0.15) is 5.69 Å². The van der Waals surface area contributed by atoms with Crippen LogP contribution in [-0.2, 0) is 0 Å². The number of nitro groups is 1. The first-order valence-electron chi connectivity index (χ1n) is 6.49. The molecule has 0 radical (unpaired) electrons. The van der Waals surface area contributed by atoms with Gasteiger partial charge in [-0.05, 0) is 19.9 Å². The van der Waals surface area contributed by atoms with E-state index in [0.29, 0.717) is 30.8 Å². The van der Waals surface area contributed by atoms with Crippen molar-refractivity contribution in [3.05, 3.63) is 34.4 Å². The number of nitro benzene ring substituents is 1. The molecule has 1 rings (SSSR count). The van der Waals surface area contributed by atoms with E-state index >= 15 is 0 Å². The normalized spacial score (nSPS) is 10.8. The number of hydrogen-bond donors (Lipinski definition) is 3. The predicted octanol–water partition coefficient (Wildman–Crippen LogP) is 2.20. The van der Waals surface area contributed by atoms with Gasteiger partial charge in [0.05, 0.1) is 4.92 Å². The van der Waals surface area contributed by atoms with Crippen molar-refractivity contribution in [3.8, 4) is 0 Å². The van der Waals surface area contributed by atoms with E-state index < -0.39 is 4.92 Å². The molecule has 0 aliphatic rings. The highest BCUT2D eigenvalue weighted by atomic mass is 127. The third kappa shape index (κ3) is 7.11. The number of aliphatic imine (C=N–C) groups is 1. The standard InChI is InChI=1S/C13H21N5O2.HI/c1-10(2)17-13(14-3)16-9-8-15-11-6-4-5-7-12(11)18(19)20;/h4-7,10,15H,8-9H2,1-3H3,(H2,14,16,17);1H. The zero-order valence-electron chi connectivity index (χ0n) is 12.4. The highest BCUT2D eigenvalue weighted by Gasteiger charge is 2.11. The highest BCUT2D eigenvalue weighted by molar-refractivity contribution is 14.0. The summed E-state index contributed by atoms with van der Waals surface area (Å²) in [6.45, 7) is 5.22. The van der Waals surface area contributed by atoms with Gasteiger partial charge in [-0.3, -0.25) is 15.1 Å². The second-order valence-corrected chi connectivity index (χ2v) is 4.50. The third-order valence-electron chi connectivity index (χ3n) is 2.48. The molecule has 7 nitrogen and oxygen atoms in total. The zero-order chi connectivity index (χ0) is 15.0. The highest BCUT2D eigenvalue weighted by Crippen LogP contribution is 2.22. The molecule has 0 bridgehead atoms. The molecule has 118 valence electrons. The van der Waals surface area contributed by atoms with Crippen molar-refractivity contribution in [1.82, 2.24) is 10.6 Å². The number of nitrogens with zero attached hydrogens (tertiary/aromatic N) is 2. The van der Waals surface area contributed by atoms with Crippen LogP contribution in [0.5, 0.6) is 0 Å². The van der Waals surface area contributed by atoms with E-state index in [2.05, 4.69) is 20.9 Å². The van der Waals surface area contributed by atoms with Gasteiger partial charge in [0, 0.05) is 32.2 Å². The molecular weight excluding hydrogens is 385 g/mol. The van der Waals surface area contributed by atoms with Crippen LogP contribution < -0.4 is 16.0 Å². The Morgan fingerprint density at radius 2 is 2.00 bits per heavy atom. The van der Waals surface area contributed by atoms with Crippen LogP contribution in [0.2, 0.25) is 0 Å². The van der Waals surface area contributed by atoms with Gasteiger partial charge in [-0.25, -0.2) is 0 Å². The summed E-state index contributed by atoms with van der Waals surface area (Å²) >= 11 is 0. The molecule has 0 aliphatic carbocycles. The quantitative estimate of drug-likeness (QED) is 0.168. The zero-order valence-corrected chi connectivity index (χ0v) is 14.8. The van der Waals surface area contributed by atoms with Gasteiger partial charge >= 0.3 is 0 Å². The first kappa shape index (κ1) is 19.4. The van der Waals surface area contributed by atoms with E-state index in [0.717, 1.165) is 0 Å². The molecule has 1 aromatic rings. The fourth-order valence-electron chi connectivity index (χ4n) is 1.63. The minimum Gasteiger partial charge on any atom is -0.378 e. The SMILES string of the molecule is CN=C(NCCNc1ccccc1[N+](=O)[O-])NC(C)C.I. The predicted molar refractivity (Wildman–Crippen MR) is 96.6 cm³/mol. The van der Waals surface area contributed by atoms with Gasteiger partial charge in [-0.2, -0.15) is 0 Å². The Morgan fingerprint density at radius 1 is 1.33 bits per heavy atom. The Morgan fingerprint density at radius 3 is 2.57 bits per heavy atom. The molecule has 0 atom stereocenters. The van der Waals surface area contributed by atoms with Crippen LogP contribution in [0.1, 0.15) is 13.8 Å². The maximum atomic E-state index is 10.9. The minimum absolute atomic E-state index is 0. The lowest BCUT2D eigenvalue weighted by atomic mass is 10.2. The molecule has 1 aromatic carbocycles. The molecule has 0 aromatic heterocycles. The lowest BCUT2D eigenvalue weighted by molar-refractivity contribution is -0.384. The molecule has 0 amide bonds. The number of hydrogen-bond acceptors (Lipinski definition) is 4. The molecule has 0 heterocycles. The van der Waals surface area contributed by atoms with E-state index in [9.17, 15) is 10.1 Å². The van der Waals surface area contributed by atoms with Crippen LogP contribution in [0.3, 0.4) is 0 Å². The van der Waals surface area contributed by atoms with Crippen LogP contribution in [0.4, 0.5) is 11.4 Å². The molecule has 21 heavy (non-hydrogen) atoms. The van der Waals surface area contributed by atoms with Crippen molar-refractivity contribution in [2.45, 2.75) is 19.9 Å². The van der Waals surface area contributed by atoms with E-state index in [1.54, 1.807) is 25.2 Å². The number of para-hydroxylation sites is 2. The van der Waals surface area contributed by atoms with Crippen LogP contribution in [-0.4, -0.2) is 37.1 Å².